The molecule has 0 aliphatic rings. The Morgan fingerprint density at radius 2 is 2.19 bits per heavy atom. The lowest BCUT2D eigenvalue weighted by Gasteiger charge is -2.05. The molecule has 0 aliphatic carbocycles. The summed E-state index contributed by atoms with van der Waals surface area (Å²) in [5, 5.41) is 8.67. The first-order valence-corrected chi connectivity index (χ1v) is 5.00. The zero-order valence-corrected chi connectivity index (χ0v) is 9.05. The molecule has 0 amide bonds. The van der Waals surface area contributed by atoms with Crippen LogP contribution in [0, 0.1) is 0 Å². The number of aromatic nitrogens is 2. The largest absolute Gasteiger partial charge is 0.476 e. The minimum atomic E-state index is -1.12. The Balaban J connectivity index is 2.36. The van der Waals surface area contributed by atoms with E-state index in [1.54, 1.807) is 0 Å². The summed E-state index contributed by atoms with van der Waals surface area (Å²) in [4.78, 5) is 18.0. The van der Waals surface area contributed by atoms with Crippen molar-refractivity contribution in [2.45, 2.75) is 13.3 Å². The zero-order valence-electron chi connectivity index (χ0n) is 9.05. The van der Waals surface area contributed by atoms with E-state index in [0.717, 1.165) is 6.42 Å². The van der Waals surface area contributed by atoms with Gasteiger partial charge in [-0.3, -0.25) is 4.98 Å². The Morgan fingerprint density at radius 3 is 2.88 bits per heavy atom. The van der Waals surface area contributed by atoms with Crippen LogP contribution in [-0.2, 0) is 4.74 Å². The van der Waals surface area contributed by atoms with Crippen LogP contribution < -0.4 is 4.74 Å². The first-order valence-electron chi connectivity index (χ1n) is 5.00. The van der Waals surface area contributed by atoms with Gasteiger partial charge in [-0.2, -0.15) is 0 Å². The molecule has 1 heterocycles. The lowest BCUT2D eigenvalue weighted by Crippen LogP contribution is -2.09. The molecule has 0 atom stereocenters. The van der Waals surface area contributed by atoms with Crippen LogP contribution in [0.4, 0.5) is 0 Å². The molecule has 1 rings (SSSR count). The topological polar surface area (TPSA) is 81.5 Å². The van der Waals surface area contributed by atoms with Crippen molar-refractivity contribution < 1.29 is 19.4 Å². The molecule has 1 aromatic rings. The Hall–Kier alpha value is -1.69. The molecule has 1 N–H and O–H groups in total. The fraction of sp³-hybridized carbons (Fsp3) is 0.500. The second kappa shape index (κ2) is 6.73. The van der Waals surface area contributed by atoms with Crippen LogP contribution in [0.3, 0.4) is 0 Å². The van der Waals surface area contributed by atoms with Crippen molar-refractivity contribution in [1.82, 2.24) is 9.97 Å². The molecule has 0 spiro atoms. The summed E-state index contributed by atoms with van der Waals surface area (Å²) in [5.74, 6) is -0.930. The van der Waals surface area contributed by atoms with E-state index in [0.29, 0.717) is 19.8 Å². The van der Waals surface area contributed by atoms with Gasteiger partial charge < -0.3 is 14.6 Å². The third-order valence-electron chi connectivity index (χ3n) is 1.66. The van der Waals surface area contributed by atoms with Gasteiger partial charge in [-0.15, -0.1) is 0 Å². The number of nitrogens with zero attached hydrogens (tertiary/aromatic N) is 2. The van der Waals surface area contributed by atoms with Crippen molar-refractivity contribution in [3.8, 4) is 5.88 Å². The van der Waals surface area contributed by atoms with E-state index >= 15 is 0 Å². The molecule has 0 bridgehead atoms. The summed E-state index contributed by atoms with van der Waals surface area (Å²) >= 11 is 0. The van der Waals surface area contributed by atoms with Gasteiger partial charge in [-0.05, 0) is 6.42 Å². The van der Waals surface area contributed by atoms with Crippen molar-refractivity contribution in [2.75, 3.05) is 19.8 Å². The van der Waals surface area contributed by atoms with Crippen LogP contribution in [0.5, 0.6) is 5.88 Å². The third kappa shape index (κ3) is 4.22. The van der Waals surface area contributed by atoms with E-state index < -0.39 is 5.97 Å². The van der Waals surface area contributed by atoms with Gasteiger partial charge in [0.15, 0.2) is 5.69 Å². The van der Waals surface area contributed by atoms with Gasteiger partial charge in [0.05, 0.1) is 19.0 Å². The SMILES string of the molecule is CCCOCCOc1cncc(C(=O)O)n1. The number of rotatable bonds is 7. The number of hydrogen-bond donors (Lipinski definition) is 1. The second-order valence-electron chi connectivity index (χ2n) is 3.01. The van der Waals surface area contributed by atoms with Gasteiger partial charge in [0, 0.05) is 6.61 Å². The maximum absolute atomic E-state index is 10.6. The van der Waals surface area contributed by atoms with Gasteiger partial charge in [0.1, 0.15) is 6.61 Å². The van der Waals surface area contributed by atoms with Gasteiger partial charge in [-0.25, -0.2) is 9.78 Å². The molecule has 16 heavy (non-hydrogen) atoms. The monoisotopic (exact) mass is 226 g/mol. The summed E-state index contributed by atoms with van der Waals surface area (Å²) in [5.41, 5.74) is -0.132. The van der Waals surface area contributed by atoms with Crippen LogP contribution in [-0.4, -0.2) is 40.9 Å². The summed E-state index contributed by atoms with van der Waals surface area (Å²) in [7, 11) is 0. The minimum absolute atomic E-state index is 0.132. The second-order valence-corrected chi connectivity index (χ2v) is 3.01. The fourth-order valence-corrected chi connectivity index (χ4v) is 0.972. The van der Waals surface area contributed by atoms with Crippen LogP contribution in [0.15, 0.2) is 12.4 Å². The van der Waals surface area contributed by atoms with E-state index in [2.05, 4.69) is 9.97 Å². The number of carboxylic acids is 1. The lowest BCUT2D eigenvalue weighted by molar-refractivity contribution is 0.0687. The van der Waals surface area contributed by atoms with E-state index in [9.17, 15) is 4.79 Å². The highest BCUT2D eigenvalue weighted by atomic mass is 16.5. The fourth-order valence-electron chi connectivity index (χ4n) is 0.972. The highest BCUT2D eigenvalue weighted by molar-refractivity contribution is 5.84. The van der Waals surface area contributed by atoms with Gasteiger partial charge in [0.2, 0.25) is 5.88 Å². The van der Waals surface area contributed by atoms with Crippen molar-refractivity contribution in [2.24, 2.45) is 0 Å². The molecule has 1 aromatic heterocycles. The average Bonchev–Trinajstić information content (AvgIpc) is 2.29. The first kappa shape index (κ1) is 12.4. The quantitative estimate of drug-likeness (QED) is 0.698. The third-order valence-corrected chi connectivity index (χ3v) is 1.66. The van der Waals surface area contributed by atoms with E-state index in [-0.39, 0.29) is 11.6 Å². The number of ether oxygens (including phenoxy) is 2. The molecule has 0 fully saturated rings. The molecule has 0 unspecified atom stereocenters. The van der Waals surface area contributed by atoms with Crippen molar-refractivity contribution >= 4 is 5.97 Å². The number of carboxylic acid groups (broad SMARTS) is 1. The van der Waals surface area contributed by atoms with Crippen molar-refractivity contribution in [3.05, 3.63) is 18.1 Å². The molecular weight excluding hydrogens is 212 g/mol. The Kier molecular flexibility index (Phi) is 5.21. The Bertz CT molecular complexity index is 343. The van der Waals surface area contributed by atoms with Gasteiger partial charge in [0.25, 0.3) is 0 Å². The lowest BCUT2D eigenvalue weighted by atomic mass is 10.5. The maximum atomic E-state index is 10.6. The van der Waals surface area contributed by atoms with E-state index in [4.69, 9.17) is 14.6 Å². The molecule has 6 nitrogen and oxygen atoms in total. The smallest absolute Gasteiger partial charge is 0.356 e. The summed E-state index contributed by atoms with van der Waals surface area (Å²) in [6, 6.07) is 0. The Morgan fingerprint density at radius 1 is 1.38 bits per heavy atom. The predicted octanol–water partition coefficient (Wildman–Crippen LogP) is 0.980. The van der Waals surface area contributed by atoms with Gasteiger partial charge >= 0.3 is 5.97 Å². The van der Waals surface area contributed by atoms with Crippen molar-refractivity contribution in [1.29, 1.82) is 0 Å². The van der Waals surface area contributed by atoms with Crippen LogP contribution in [0.25, 0.3) is 0 Å². The van der Waals surface area contributed by atoms with Crippen LogP contribution in [0.1, 0.15) is 23.8 Å². The van der Waals surface area contributed by atoms with E-state index in [1.165, 1.54) is 12.4 Å². The molecule has 0 radical (unpaired) electrons. The van der Waals surface area contributed by atoms with E-state index in [1.807, 2.05) is 6.92 Å². The number of aromatic carboxylic acids is 1. The molecule has 88 valence electrons. The molecule has 0 saturated carbocycles. The molecule has 0 aliphatic heterocycles. The minimum Gasteiger partial charge on any atom is -0.476 e. The highest BCUT2D eigenvalue weighted by Crippen LogP contribution is 2.04. The normalized spacial score (nSPS) is 10.1. The zero-order chi connectivity index (χ0) is 11.8. The van der Waals surface area contributed by atoms with Crippen LogP contribution >= 0.6 is 0 Å². The predicted molar refractivity (Wildman–Crippen MR) is 55.6 cm³/mol. The van der Waals surface area contributed by atoms with Crippen molar-refractivity contribution in [3.63, 3.8) is 0 Å². The average molecular weight is 226 g/mol. The maximum Gasteiger partial charge on any atom is 0.356 e. The molecule has 0 aromatic carbocycles. The summed E-state index contributed by atoms with van der Waals surface area (Å²) in [6.07, 6.45) is 3.49. The highest BCUT2D eigenvalue weighted by Gasteiger charge is 2.06. The van der Waals surface area contributed by atoms with Gasteiger partial charge in [-0.1, -0.05) is 6.92 Å². The summed E-state index contributed by atoms with van der Waals surface area (Å²) in [6.45, 7) is 3.48. The molecule has 0 saturated heterocycles. The molecular formula is C10H14N2O4. The standard InChI is InChI=1S/C10H14N2O4/c1-2-3-15-4-5-16-9-7-11-6-8(12-9)10(13)14/h6-7H,2-5H2,1H3,(H,13,14). The first-order chi connectivity index (χ1) is 7.74. The van der Waals surface area contributed by atoms with Crippen LogP contribution in [0.2, 0.25) is 0 Å². The number of hydrogen-bond acceptors (Lipinski definition) is 5. The number of carbonyl (C=O) groups is 1. The molecule has 6 heteroatoms. The summed E-state index contributed by atoms with van der Waals surface area (Å²) < 4.78 is 10.4. The Labute approximate surface area is 93.2 Å².